The zero-order valence-electron chi connectivity index (χ0n) is 12.8. The molecule has 1 aromatic carbocycles. The molecular weight excluding hydrogens is 192 g/mol. The molecule has 0 unspecified atom stereocenters. The number of nitrogens with zero attached hydrogens (tertiary/aromatic N) is 1. The highest BCUT2D eigenvalue weighted by Gasteiger charge is 2.26. The summed E-state index contributed by atoms with van der Waals surface area (Å²) in [5.41, 5.74) is 0. The Morgan fingerprint density at radius 3 is 3.40 bits per heavy atom. The lowest BCUT2D eigenvalue weighted by Crippen LogP contribution is -2.42. The number of nitrogens with one attached hydrogen (secondary N) is 1. The van der Waals surface area contributed by atoms with Crippen molar-refractivity contribution in [3.8, 4) is 11.5 Å². The van der Waals surface area contributed by atoms with E-state index >= 15 is 0 Å². The summed E-state index contributed by atoms with van der Waals surface area (Å²) >= 11 is 0. The highest BCUT2D eigenvalue weighted by atomic mass is 16.6. The summed E-state index contributed by atoms with van der Waals surface area (Å²) in [6.07, 6.45) is -0.725. The number of ether oxygens (including phenoxy) is 2. The van der Waals surface area contributed by atoms with E-state index in [1.807, 2.05) is 0 Å². The van der Waals surface area contributed by atoms with Crippen molar-refractivity contribution < 1.29 is 16.3 Å². The minimum atomic E-state index is -2.36. The van der Waals surface area contributed by atoms with Crippen LogP contribution in [-0.2, 0) is 0 Å². The molecule has 0 bridgehead atoms. The van der Waals surface area contributed by atoms with Gasteiger partial charge in [-0.1, -0.05) is 12.1 Å². The smallest absolute Gasteiger partial charge is 0.189 e. The Hall–Kier alpha value is -1.71. The van der Waals surface area contributed by atoms with E-state index in [1.165, 1.54) is 6.07 Å². The van der Waals surface area contributed by atoms with Gasteiger partial charge in [-0.3, -0.25) is 4.99 Å². The molecule has 0 aromatic heterocycles. The van der Waals surface area contributed by atoms with Crippen LogP contribution >= 0.6 is 0 Å². The third kappa shape index (κ3) is 1.52. The molecule has 15 heavy (non-hydrogen) atoms. The molecule has 0 saturated heterocycles. The lowest BCUT2D eigenvalue weighted by molar-refractivity contribution is 0.133. The third-order valence-corrected chi connectivity index (χ3v) is 2.18. The van der Waals surface area contributed by atoms with E-state index in [-0.39, 0.29) is 18.5 Å². The number of hydrogen-bond donors (Lipinski definition) is 1. The second-order valence-corrected chi connectivity index (χ2v) is 3.15. The lowest BCUT2D eigenvalue weighted by atomic mass is 10.2. The molecule has 1 atom stereocenters. The van der Waals surface area contributed by atoms with Crippen LogP contribution in [0.4, 0.5) is 0 Å². The maximum Gasteiger partial charge on any atom is 0.189 e. The summed E-state index contributed by atoms with van der Waals surface area (Å²) in [6, 6.07) is 4.95. The number of aliphatic imine (C=N–C) groups is 1. The minimum Gasteiger partial charge on any atom is -0.485 e. The van der Waals surface area contributed by atoms with Crippen molar-refractivity contribution in [1.82, 2.24) is 5.32 Å². The van der Waals surface area contributed by atoms with Crippen LogP contribution in [0.3, 0.4) is 0 Å². The van der Waals surface area contributed by atoms with Gasteiger partial charge in [-0.25, -0.2) is 0 Å². The summed E-state index contributed by atoms with van der Waals surface area (Å²) in [4.78, 5) is 3.70. The number of benzene rings is 1. The van der Waals surface area contributed by atoms with Crippen molar-refractivity contribution >= 4 is 5.84 Å². The molecular formula is C11H12N2O2. The van der Waals surface area contributed by atoms with Gasteiger partial charge in [0.25, 0.3) is 0 Å². The van der Waals surface area contributed by atoms with E-state index in [1.54, 1.807) is 12.1 Å². The van der Waals surface area contributed by atoms with Crippen molar-refractivity contribution in [3.05, 3.63) is 24.2 Å². The summed E-state index contributed by atoms with van der Waals surface area (Å²) < 4.78 is 48.8. The molecule has 78 valence electrons. The van der Waals surface area contributed by atoms with E-state index in [9.17, 15) is 0 Å². The quantitative estimate of drug-likeness (QED) is 0.745. The fourth-order valence-electron chi connectivity index (χ4n) is 1.46. The van der Waals surface area contributed by atoms with Crippen LogP contribution in [0.5, 0.6) is 11.5 Å². The van der Waals surface area contributed by atoms with Gasteiger partial charge < -0.3 is 14.8 Å². The van der Waals surface area contributed by atoms with Crippen molar-refractivity contribution in [2.45, 2.75) is 6.10 Å². The fourth-order valence-corrected chi connectivity index (χ4v) is 1.46. The van der Waals surface area contributed by atoms with E-state index in [2.05, 4.69) is 10.3 Å². The molecule has 0 radical (unpaired) electrons. The largest absolute Gasteiger partial charge is 0.485 e. The highest BCUT2D eigenvalue weighted by molar-refractivity contribution is 5.88. The molecule has 0 saturated carbocycles. The molecule has 2 aliphatic heterocycles. The van der Waals surface area contributed by atoms with Crippen LogP contribution in [0, 0.1) is 0 Å². The van der Waals surface area contributed by atoms with E-state index in [0.29, 0.717) is 11.5 Å². The van der Waals surface area contributed by atoms with Crippen molar-refractivity contribution in [1.29, 1.82) is 0 Å². The van der Waals surface area contributed by atoms with Gasteiger partial charge in [-0.15, -0.1) is 0 Å². The molecule has 4 heteroatoms. The Labute approximate surface area is 94.9 Å². The number of fused-ring (bicyclic) bond motifs is 1. The van der Waals surface area contributed by atoms with Crippen molar-refractivity contribution in [2.24, 2.45) is 4.99 Å². The van der Waals surface area contributed by atoms with Gasteiger partial charge >= 0.3 is 0 Å². The van der Waals surface area contributed by atoms with Crippen molar-refractivity contribution in [3.63, 3.8) is 0 Å². The lowest BCUT2D eigenvalue weighted by Gasteiger charge is -2.26. The molecule has 1 N–H and O–H groups in total. The predicted molar refractivity (Wildman–Crippen MR) is 56.7 cm³/mol. The molecule has 0 aliphatic carbocycles. The zero-order valence-corrected chi connectivity index (χ0v) is 7.78. The van der Waals surface area contributed by atoms with Gasteiger partial charge in [-0.05, 0) is 12.1 Å². The number of rotatable bonds is 1. The molecule has 3 rings (SSSR count). The predicted octanol–water partition coefficient (Wildman–Crippen LogP) is 0.828. The van der Waals surface area contributed by atoms with Gasteiger partial charge in [0.15, 0.2) is 17.6 Å². The van der Waals surface area contributed by atoms with E-state index in [0.717, 1.165) is 0 Å². The molecule has 2 aliphatic rings. The van der Waals surface area contributed by atoms with Gasteiger partial charge in [0.05, 0.1) is 13.4 Å². The fraction of sp³-hybridized carbons (Fsp3) is 0.364. The van der Waals surface area contributed by atoms with Crippen LogP contribution < -0.4 is 14.8 Å². The van der Waals surface area contributed by atoms with Gasteiger partial charge in [0, 0.05) is 6.50 Å². The van der Waals surface area contributed by atoms with Crippen LogP contribution in [0.2, 0.25) is 0 Å². The maximum absolute atomic E-state index is 7.56. The molecule has 0 spiro atoms. The Kier molecular flexibility index (Phi) is 1.12. The topological polar surface area (TPSA) is 42.8 Å². The standard InChI is InChI=1S/C11H12N2O2/c1-2-4-9-8(3-1)14-7-10(15-9)11-12-5-6-13-11/h1-4,10H,5-7H2,(H,12,13)/t10-/m0/s1/i2D,5D2,6D2. The number of hydrogen-bond acceptors (Lipinski definition) is 4. The summed E-state index contributed by atoms with van der Waals surface area (Å²) in [6.45, 7) is -4.55. The average Bonchev–Trinajstić information content (AvgIpc) is 2.57. The maximum atomic E-state index is 7.56. The molecule has 4 nitrogen and oxygen atoms in total. The zero-order chi connectivity index (χ0) is 14.5. The first kappa shape index (κ1) is 4.88. The van der Waals surface area contributed by atoms with Gasteiger partial charge in [0.1, 0.15) is 12.4 Å². The first-order chi connectivity index (χ1) is 9.28. The van der Waals surface area contributed by atoms with Gasteiger partial charge in [-0.2, -0.15) is 0 Å². The molecule has 0 fully saturated rings. The average molecular weight is 209 g/mol. The Morgan fingerprint density at radius 1 is 1.53 bits per heavy atom. The van der Waals surface area contributed by atoms with E-state index in [4.69, 9.17) is 16.3 Å². The second-order valence-electron chi connectivity index (χ2n) is 3.15. The second kappa shape index (κ2) is 3.46. The monoisotopic (exact) mass is 209 g/mol. The number of amidine groups is 1. The summed E-state index contributed by atoms with van der Waals surface area (Å²) in [5.74, 6) is 0.939. The SMILES string of the molecule is [2H]c1ccc2c(c1)O[C@H](C1=NC([2H])([2H])C([2H])([2H])N1)CO2. The highest BCUT2D eigenvalue weighted by Crippen LogP contribution is 2.31. The van der Waals surface area contributed by atoms with Crippen LogP contribution in [0.1, 0.15) is 6.85 Å². The first-order valence-electron chi connectivity index (χ1n) is 7.06. The molecule has 2 heterocycles. The van der Waals surface area contributed by atoms with Crippen molar-refractivity contribution in [2.75, 3.05) is 19.6 Å². The summed E-state index contributed by atoms with van der Waals surface area (Å²) in [5, 5.41) is 2.39. The minimum absolute atomic E-state index is 0.0704. The first-order valence-corrected chi connectivity index (χ1v) is 4.56. The number of para-hydroxylation sites is 2. The van der Waals surface area contributed by atoms with Crippen LogP contribution in [0.15, 0.2) is 29.2 Å². The Balaban J connectivity index is 1.85. The summed E-state index contributed by atoms with van der Waals surface area (Å²) in [7, 11) is 0. The Bertz CT molecular complexity index is 590. The third-order valence-electron chi connectivity index (χ3n) is 2.18. The van der Waals surface area contributed by atoms with E-state index < -0.39 is 19.1 Å². The normalized spacial score (nSPS) is 34.8. The van der Waals surface area contributed by atoms with Crippen LogP contribution in [0.25, 0.3) is 0 Å². The molecule has 0 amide bonds. The van der Waals surface area contributed by atoms with Gasteiger partial charge in [0.2, 0.25) is 0 Å². The molecule has 1 aromatic rings. The van der Waals surface area contributed by atoms with Crippen LogP contribution in [-0.4, -0.2) is 31.5 Å². The Morgan fingerprint density at radius 2 is 2.53 bits per heavy atom.